The third-order valence-corrected chi connectivity index (χ3v) is 7.33. The second-order valence-electron chi connectivity index (χ2n) is 9.22. The maximum Gasteiger partial charge on any atom is 0.258 e. The van der Waals surface area contributed by atoms with Crippen molar-refractivity contribution in [3.05, 3.63) is 88.7 Å². The van der Waals surface area contributed by atoms with Crippen LogP contribution in [0.25, 0.3) is 16.7 Å². The molecular formula is C27H25BrFN5O2. The number of halogens is 2. The van der Waals surface area contributed by atoms with Crippen LogP contribution in [-0.2, 0) is 9.59 Å². The minimum atomic E-state index is -2.19. The van der Waals surface area contributed by atoms with Crippen molar-refractivity contribution in [1.82, 2.24) is 25.4 Å². The Balaban J connectivity index is 1.32. The molecule has 1 aliphatic heterocycles. The Labute approximate surface area is 216 Å². The van der Waals surface area contributed by atoms with E-state index in [1.165, 1.54) is 6.92 Å². The highest BCUT2D eigenvalue weighted by Crippen LogP contribution is 2.34. The standard InChI is InChI=1S/C27H25BrFN5O2/c1-16(17-8-10-19(11-9-17)34-22-12-13-23(28)31-21(22)15-30-34)27(2,29)26(36)32-20-14-24(35)33-25(20)18-6-4-3-5-7-18/h3-13,15-16,20,25H,14H2,1-2H3,(H,32,36)(H,33,35)/t16?,20-,25+,27?/m0/s1. The van der Waals surface area contributed by atoms with Crippen molar-refractivity contribution in [2.24, 2.45) is 0 Å². The van der Waals surface area contributed by atoms with Crippen molar-refractivity contribution in [2.45, 2.75) is 43.9 Å². The highest BCUT2D eigenvalue weighted by molar-refractivity contribution is 9.10. The van der Waals surface area contributed by atoms with E-state index in [2.05, 4.69) is 36.6 Å². The molecule has 4 aromatic rings. The van der Waals surface area contributed by atoms with Gasteiger partial charge >= 0.3 is 0 Å². The third kappa shape index (κ3) is 4.51. The first kappa shape index (κ1) is 24.1. The average Bonchev–Trinajstić information content (AvgIpc) is 3.46. The van der Waals surface area contributed by atoms with Crippen molar-refractivity contribution in [1.29, 1.82) is 0 Å². The number of hydrogen-bond acceptors (Lipinski definition) is 4. The van der Waals surface area contributed by atoms with E-state index in [1.54, 1.807) is 29.9 Å². The molecule has 9 heteroatoms. The first-order valence-corrected chi connectivity index (χ1v) is 12.5. The van der Waals surface area contributed by atoms with E-state index in [9.17, 15) is 9.59 Å². The molecule has 2 amide bonds. The zero-order chi connectivity index (χ0) is 25.4. The number of benzene rings is 2. The molecule has 7 nitrogen and oxygen atoms in total. The van der Waals surface area contributed by atoms with Gasteiger partial charge in [-0.2, -0.15) is 5.10 Å². The van der Waals surface area contributed by atoms with Crippen molar-refractivity contribution in [2.75, 3.05) is 0 Å². The summed E-state index contributed by atoms with van der Waals surface area (Å²) in [6, 6.07) is 19.5. The fourth-order valence-electron chi connectivity index (χ4n) is 4.58. The van der Waals surface area contributed by atoms with Crippen LogP contribution in [0.5, 0.6) is 0 Å². The molecule has 2 N–H and O–H groups in total. The minimum absolute atomic E-state index is 0.105. The summed E-state index contributed by atoms with van der Waals surface area (Å²) < 4.78 is 18.4. The van der Waals surface area contributed by atoms with E-state index < -0.39 is 29.6 Å². The Bertz CT molecular complexity index is 1420. The van der Waals surface area contributed by atoms with Gasteiger partial charge in [-0.25, -0.2) is 14.1 Å². The number of carbonyl (C=O) groups excluding carboxylic acids is 2. The van der Waals surface area contributed by atoms with E-state index in [0.717, 1.165) is 26.9 Å². The summed E-state index contributed by atoms with van der Waals surface area (Å²) in [6.45, 7) is 2.97. The Kier molecular flexibility index (Phi) is 6.34. The lowest BCUT2D eigenvalue weighted by atomic mass is 9.85. The lowest BCUT2D eigenvalue weighted by Crippen LogP contribution is -2.49. The van der Waals surface area contributed by atoms with Crippen LogP contribution in [0.15, 0.2) is 77.5 Å². The van der Waals surface area contributed by atoms with Crippen LogP contribution < -0.4 is 10.6 Å². The zero-order valence-corrected chi connectivity index (χ0v) is 21.4. The van der Waals surface area contributed by atoms with Crippen LogP contribution in [0.3, 0.4) is 0 Å². The first-order valence-electron chi connectivity index (χ1n) is 11.7. The average molecular weight is 550 g/mol. The zero-order valence-electron chi connectivity index (χ0n) is 19.8. The highest BCUT2D eigenvalue weighted by atomic mass is 79.9. The molecule has 2 aromatic heterocycles. The molecule has 36 heavy (non-hydrogen) atoms. The third-order valence-electron chi connectivity index (χ3n) is 6.89. The quantitative estimate of drug-likeness (QED) is 0.339. The van der Waals surface area contributed by atoms with E-state index in [-0.39, 0.29) is 12.3 Å². The molecule has 184 valence electrons. The predicted octanol–water partition coefficient (Wildman–Crippen LogP) is 4.76. The number of alkyl halides is 1. The van der Waals surface area contributed by atoms with Crippen LogP contribution in [0.1, 0.15) is 43.4 Å². The van der Waals surface area contributed by atoms with Gasteiger partial charge in [0.25, 0.3) is 5.91 Å². The summed E-state index contributed by atoms with van der Waals surface area (Å²) >= 11 is 3.36. The SMILES string of the molecule is CC(c1ccc(-n2ncc3nc(Br)ccc32)cc1)C(C)(F)C(=O)N[C@H]1CC(=O)N[C@@H]1c1ccccc1. The summed E-state index contributed by atoms with van der Waals surface area (Å²) in [5, 5.41) is 10.1. The number of rotatable bonds is 6. The number of nitrogens with one attached hydrogen (secondary N) is 2. The van der Waals surface area contributed by atoms with E-state index in [0.29, 0.717) is 5.56 Å². The Morgan fingerprint density at radius 1 is 1.17 bits per heavy atom. The van der Waals surface area contributed by atoms with Crippen LogP contribution >= 0.6 is 15.9 Å². The molecule has 1 aliphatic rings. The molecule has 2 unspecified atom stereocenters. The fourth-order valence-corrected chi connectivity index (χ4v) is 4.90. The predicted molar refractivity (Wildman–Crippen MR) is 138 cm³/mol. The van der Waals surface area contributed by atoms with Gasteiger partial charge in [0.1, 0.15) is 10.1 Å². The molecule has 0 saturated carbocycles. The first-order chi connectivity index (χ1) is 17.2. The van der Waals surface area contributed by atoms with Gasteiger partial charge in [-0.1, -0.05) is 49.4 Å². The lowest BCUT2D eigenvalue weighted by molar-refractivity contribution is -0.133. The number of amides is 2. The number of aromatic nitrogens is 3. The van der Waals surface area contributed by atoms with E-state index in [4.69, 9.17) is 0 Å². The van der Waals surface area contributed by atoms with Crippen molar-refractivity contribution in [3.8, 4) is 5.69 Å². The summed E-state index contributed by atoms with van der Waals surface area (Å²) in [5.41, 5.74) is 1.76. The summed E-state index contributed by atoms with van der Waals surface area (Å²) in [6.07, 6.45) is 1.79. The van der Waals surface area contributed by atoms with Crippen LogP contribution in [0, 0.1) is 0 Å². The van der Waals surface area contributed by atoms with Gasteiger partial charge in [-0.15, -0.1) is 0 Å². The Morgan fingerprint density at radius 2 is 1.89 bits per heavy atom. The topological polar surface area (TPSA) is 88.9 Å². The number of pyridine rings is 1. The van der Waals surface area contributed by atoms with Gasteiger partial charge in [0.05, 0.1) is 29.5 Å². The van der Waals surface area contributed by atoms with Gasteiger partial charge in [-0.05, 0) is 58.2 Å². The summed E-state index contributed by atoms with van der Waals surface area (Å²) in [4.78, 5) is 29.6. The summed E-state index contributed by atoms with van der Waals surface area (Å²) in [7, 11) is 0. The molecule has 0 aliphatic carbocycles. The molecule has 0 radical (unpaired) electrons. The maximum atomic E-state index is 15.9. The van der Waals surface area contributed by atoms with Crippen molar-refractivity contribution in [3.63, 3.8) is 0 Å². The fraction of sp³-hybridized carbons (Fsp3) is 0.259. The van der Waals surface area contributed by atoms with Gasteiger partial charge < -0.3 is 10.6 Å². The normalized spacial score (nSPS) is 20.1. The van der Waals surface area contributed by atoms with E-state index in [1.807, 2.05) is 54.6 Å². The lowest BCUT2D eigenvalue weighted by Gasteiger charge is -2.30. The van der Waals surface area contributed by atoms with E-state index >= 15 is 4.39 Å². The molecular weight excluding hydrogens is 525 g/mol. The van der Waals surface area contributed by atoms with Crippen molar-refractivity contribution < 1.29 is 14.0 Å². The highest BCUT2D eigenvalue weighted by Gasteiger charge is 2.43. The van der Waals surface area contributed by atoms with Crippen LogP contribution in [0.4, 0.5) is 4.39 Å². The van der Waals surface area contributed by atoms with Gasteiger partial charge in [-0.3, -0.25) is 9.59 Å². The van der Waals surface area contributed by atoms with Gasteiger partial charge in [0.15, 0.2) is 5.67 Å². The smallest absolute Gasteiger partial charge is 0.258 e. The number of nitrogens with zero attached hydrogens (tertiary/aromatic N) is 3. The number of carbonyl (C=O) groups is 2. The van der Waals surface area contributed by atoms with Gasteiger partial charge in [0, 0.05) is 12.3 Å². The molecule has 2 aromatic carbocycles. The molecule has 1 fully saturated rings. The second-order valence-corrected chi connectivity index (χ2v) is 10.0. The van der Waals surface area contributed by atoms with Crippen LogP contribution in [-0.4, -0.2) is 38.3 Å². The molecule has 1 saturated heterocycles. The molecule has 0 bridgehead atoms. The largest absolute Gasteiger partial charge is 0.348 e. The second kappa shape index (κ2) is 9.46. The monoisotopic (exact) mass is 549 g/mol. The molecule has 3 heterocycles. The van der Waals surface area contributed by atoms with Gasteiger partial charge in [0.2, 0.25) is 5.91 Å². The molecule has 4 atom stereocenters. The minimum Gasteiger partial charge on any atom is -0.348 e. The maximum absolute atomic E-state index is 15.9. The summed E-state index contributed by atoms with van der Waals surface area (Å²) in [5.74, 6) is -1.64. The van der Waals surface area contributed by atoms with Crippen LogP contribution in [0.2, 0.25) is 0 Å². The van der Waals surface area contributed by atoms with Crippen molar-refractivity contribution >= 4 is 38.8 Å². The molecule has 0 spiro atoms. The number of fused-ring (bicyclic) bond motifs is 1. The number of hydrogen-bond donors (Lipinski definition) is 2. The molecule has 5 rings (SSSR count). The Hall–Kier alpha value is -3.59. The Morgan fingerprint density at radius 3 is 2.61 bits per heavy atom.